The number of nitrogens with zero attached hydrogens (tertiary/aromatic N) is 1. The van der Waals surface area contributed by atoms with Crippen molar-refractivity contribution in [2.45, 2.75) is 13.0 Å². The van der Waals surface area contributed by atoms with Gasteiger partial charge in [0.25, 0.3) is 0 Å². The van der Waals surface area contributed by atoms with Crippen LogP contribution in [0.3, 0.4) is 0 Å². The quantitative estimate of drug-likeness (QED) is 0.872. The normalized spacial score (nSPS) is 11.5. The van der Waals surface area contributed by atoms with Gasteiger partial charge in [0.2, 0.25) is 0 Å². The van der Waals surface area contributed by atoms with Gasteiger partial charge in [-0.2, -0.15) is 5.26 Å². The first kappa shape index (κ1) is 15.0. The Kier molecular flexibility index (Phi) is 4.91. The van der Waals surface area contributed by atoms with Crippen LogP contribution in [0, 0.1) is 11.3 Å². The maximum atomic E-state index is 9.70. The standard InChI is InChI=1S/C16H15ClN2O2/c1-2-21-16-8-11(6-7-15(16)20)14(10-18)19-13-5-3-4-12(17)9-13/h3-9,14,19-20H,2H2,1H3. The molecule has 1 atom stereocenters. The molecule has 0 fully saturated rings. The molecule has 5 heteroatoms. The number of phenols is 1. The second-order valence-corrected chi connectivity index (χ2v) is 4.81. The lowest BCUT2D eigenvalue weighted by Crippen LogP contribution is -2.08. The molecule has 2 rings (SSSR count). The Balaban J connectivity index is 2.25. The molecule has 2 aromatic rings. The van der Waals surface area contributed by atoms with Crippen LogP contribution >= 0.6 is 11.6 Å². The van der Waals surface area contributed by atoms with Crippen LogP contribution in [0.2, 0.25) is 5.02 Å². The zero-order chi connectivity index (χ0) is 15.2. The summed E-state index contributed by atoms with van der Waals surface area (Å²) in [5, 5.41) is 22.7. The topological polar surface area (TPSA) is 65.3 Å². The van der Waals surface area contributed by atoms with Crippen molar-refractivity contribution in [3.8, 4) is 17.6 Å². The number of nitriles is 1. The summed E-state index contributed by atoms with van der Waals surface area (Å²) in [6, 6.07) is 13.6. The highest BCUT2D eigenvalue weighted by molar-refractivity contribution is 6.30. The minimum Gasteiger partial charge on any atom is -0.504 e. The molecule has 0 heterocycles. The van der Waals surface area contributed by atoms with E-state index in [0.29, 0.717) is 22.9 Å². The molecular formula is C16H15ClN2O2. The van der Waals surface area contributed by atoms with Crippen LogP contribution in [0.25, 0.3) is 0 Å². The Morgan fingerprint density at radius 3 is 2.81 bits per heavy atom. The Morgan fingerprint density at radius 2 is 2.14 bits per heavy atom. The summed E-state index contributed by atoms with van der Waals surface area (Å²) >= 11 is 5.93. The van der Waals surface area contributed by atoms with Crippen molar-refractivity contribution in [2.24, 2.45) is 0 Å². The molecule has 0 aliphatic carbocycles. The number of halogens is 1. The summed E-state index contributed by atoms with van der Waals surface area (Å²) in [6.45, 7) is 2.27. The van der Waals surface area contributed by atoms with E-state index in [1.807, 2.05) is 19.1 Å². The minimum absolute atomic E-state index is 0.0556. The SMILES string of the molecule is CCOc1cc(C(C#N)Nc2cccc(Cl)c2)ccc1O. The lowest BCUT2D eigenvalue weighted by molar-refractivity contribution is 0.317. The third-order valence-corrected chi connectivity index (χ3v) is 3.12. The Hall–Kier alpha value is -2.38. The summed E-state index contributed by atoms with van der Waals surface area (Å²) in [4.78, 5) is 0. The molecule has 0 radical (unpaired) electrons. The van der Waals surface area contributed by atoms with Gasteiger partial charge in [-0.3, -0.25) is 0 Å². The molecule has 0 amide bonds. The monoisotopic (exact) mass is 302 g/mol. The van der Waals surface area contributed by atoms with Crippen molar-refractivity contribution in [2.75, 3.05) is 11.9 Å². The van der Waals surface area contributed by atoms with Crippen LogP contribution in [0.4, 0.5) is 5.69 Å². The molecule has 2 N–H and O–H groups in total. The first-order chi connectivity index (χ1) is 10.1. The predicted octanol–water partition coefficient (Wildman–Crippen LogP) is 4.12. The van der Waals surface area contributed by atoms with Gasteiger partial charge >= 0.3 is 0 Å². The van der Waals surface area contributed by atoms with Crippen LogP contribution < -0.4 is 10.1 Å². The largest absolute Gasteiger partial charge is 0.504 e. The van der Waals surface area contributed by atoms with Gasteiger partial charge in [-0.05, 0) is 42.8 Å². The molecule has 0 saturated carbocycles. The third kappa shape index (κ3) is 3.80. The van der Waals surface area contributed by atoms with Gasteiger partial charge in [-0.15, -0.1) is 0 Å². The van der Waals surface area contributed by atoms with Crippen LogP contribution in [-0.2, 0) is 0 Å². The van der Waals surface area contributed by atoms with E-state index in [0.717, 1.165) is 5.69 Å². The molecule has 0 saturated heterocycles. The number of phenolic OH excluding ortho intramolecular Hbond substituents is 1. The number of anilines is 1. The molecule has 2 aromatic carbocycles. The third-order valence-electron chi connectivity index (χ3n) is 2.88. The number of nitrogens with one attached hydrogen (secondary N) is 1. The zero-order valence-electron chi connectivity index (χ0n) is 11.5. The zero-order valence-corrected chi connectivity index (χ0v) is 12.3. The molecule has 0 bridgehead atoms. The van der Waals surface area contributed by atoms with Crippen LogP contribution in [0.5, 0.6) is 11.5 Å². The molecule has 0 aliphatic rings. The van der Waals surface area contributed by atoms with E-state index in [1.54, 1.807) is 24.3 Å². The highest BCUT2D eigenvalue weighted by Crippen LogP contribution is 2.30. The van der Waals surface area contributed by atoms with Gasteiger partial charge in [-0.25, -0.2) is 0 Å². The maximum Gasteiger partial charge on any atom is 0.161 e. The second-order valence-electron chi connectivity index (χ2n) is 4.38. The Labute approximate surface area is 128 Å². The Bertz CT molecular complexity index is 668. The molecule has 21 heavy (non-hydrogen) atoms. The Morgan fingerprint density at radius 1 is 1.33 bits per heavy atom. The van der Waals surface area contributed by atoms with Crippen molar-refractivity contribution in [3.05, 3.63) is 53.1 Å². The van der Waals surface area contributed by atoms with Gasteiger partial charge < -0.3 is 15.2 Å². The molecule has 0 aliphatic heterocycles. The van der Waals surface area contributed by atoms with Crippen LogP contribution in [-0.4, -0.2) is 11.7 Å². The summed E-state index contributed by atoms with van der Waals surface area (Å²) in [5.41, 5.74) is 1.46. The predicted molar refractivity (Wildman–Crippen MR) is 82.7 cm³/mol. The fourth-order valence-electron chi connectivity index (χ4n) is 1.92. The van der Waals surface area contributed by atoms with E-state index >= 15 is 0 Å². The average molecular weight is 303 g/mol. The van der Waals surface area contributed by atoms with Crippen LogP contribution in [0.1, 0.15) is 18.5 Å². The van der Waals surface area contributed by atoms with Crippen molar-refractivity contribution >= 4 is 17.3 Å². The van der Waals surface area contributed by atoms with Gasteiger partial charge in [0.15, 0.2) is 11.5 Å². The van der Waals surface area contributed by atoms with E-state index in [1.165, 1.54) is 6.07 Å². The number of rotatable bonds is 5. The summed E-state index contributed by atoms with van der Waals surface area (Å²) in [7, 11) is 0. The first-order valence-corrected chi connectivity index (χ1v) is 6.89. The summed E-state index contributed by atoms with van der Waals surface area (Å²) < 4.78 is 5.33. The van der Waals surface area contributed by atoms with Crippen molar-refractivity contribution in [3.63, 3.8) is 0 Å². The van der Waals surface area contributed by atoms with Gasteiger partial charge in [0.1, 0.15) is 6.04 Å². The van der Waals surface area contributed by atoms with E-state index in [2.05, 4.69) is 11.4 Å². The fraction of sp³-hybridized carbons (Fsp3) is 0.188. The fourth-order valence-corrected chi connectivity index (χ4v) is 2.11. The number of benzene rings is 2. The number of aromatic hydroxyl groups is 1. The summed E-state index contributed by atoms with van der Waals surface area (Å²) in [5.74, 6) is 0.420. The van der Waals surface area contributed by atoms with Gasteiger partial charge in [0.05, 0.1) is 12.7 Å². The molecule has 0 spiro atoms. The molecular weight excluding hydrogens is 288 g/mol. The van der Waals surface area contributed by atoms with Crippen LogP contribution in [0.15, 0.2) is 42.5 Å². The lowest BCUT2D eigenvalue weighted by atomic mass is 10.1. The number of hydrogen-bond acceptors (Lipinski definition) is 4. The van der Waals surface area contributed by atoms with Crippen molar-refractivity contribution < 1.29 is 9.84 Å². The first-order valence-electron chi connectivity index (χ1n) is 6.51. The van der Waals surface area contributed by atoms with Crippen molar-refractivity contribution in [1.82, 2.24) is 0 Å². The van der Waals surface area contributed by atoms with E-state index in [9.17, 15) is 10.4 Å². The lowest BCUT2D eigenvalue weighted by Gasteiger charge is -2.15. The molecule has 108 valence electrons. The van der Waals surface area contributed by atoms with E-state index < -0.39 is 6.04 Å². The molecule has 0 aromatic heterocycles. The van der Waals surface area contributed by atoms with Gasteiger partial charge in [-0.1, -0.05) is 23.7 Å². The van der Waals surface area contributed by atoms with Gasteiger partial charge in [0, 0.05) is 10.7 Å². The van der Waals surface area contributed by atoms with E-state index in [-0.39, 0.29) is 5.75 Å². The number of ether oxygens (including phenoxy) is 1. The summed E-state index contributed by atoms with van der Waals surface area (Å²) in [6.07, 6.45) is 0. The molecule has 1 unspecified atom stereocenters. The van der Waals surface area contributed by atoms with E-state index in [4.69, 9.17) is 16.3 Å². The smallest absolute Gasteiger partial charge is 0.161 e. The second kappa shape index (κ2) is 6.87. The highest BCUT2D eigenvalue weighted by Gasteiger charge is 2.13. The molecule has 4 nitrogen and oxygen atoms in total. The maximum absolute atomic E-state index is 9.70. The number of hydrogen-bond donors (Lipinski definition) is 2. The van der Waals surface area contributed by atoms with Crippen molar-refractivity contribution in [1.29, 1.82) is 5.26 Å². The minimum atomic E-state index is -0.566. The highest BCUT2D eigenvalue weighted by atomic mass is 35.5. The average Bonchev–Trinajstić information content (AvgIpc) is 2.47.